The van der Waals surface area contributed by atoms with Gasteiger partial charge in [0.05, 0.1) is 7.11 Å². The van der Waals surface area contributed by atoms with E-state index in [9.17, 15) is 9.90 Å². The number of amides is 1. The summed E-state index contributed by atoms with van der Waals surface area (Å²) in [7, 11) is 1.59. The van der Waals surface area contributed by atoms with Gasteiger partial charge < -0.3 is 24.6 Å². The van der Waals surface area contributed by atoms with Gasteiger partial charge in [-0.05, 0) is 54.8 Å². The number of hydrogen-bond acceptors (Lipinski definition) is 6. The van der Waals surface area contributed by atoms with E-state index in [0.29, 0.717) is 11.5 Å². The molecule has 0 aliphatic carbocycles. The lowest BCUT2D eigenvalue weighted by molar-refractivity contribution is -0.123. The smallest absolute Gasteiger partial charge is 0.258 e. The first-order chi connectivity index (χ1) is 14.1. The van der Waals surface area contributed by atoms with Gasteiger partial charge in [-0.2, -0.15) is 0 Å². The third kappa shape index (κ3) is 6.05. The molecule has 1 heterocycles. The Morgan fingerprint density at radius 3 is 2.83 bits per heavy atom. The number of carbonyl (C=O) groups is 1. The average molecular weight is 418 g/mol. The second kappa shape index (κ2) is 10.4. The number of ether oxygens (including phenoxy) is 3. The molecule has 0 saturated carbocycles. The van der Waals surface area contributed by atoms with Crippen molar-refractivity contribution in [2.75, 3.05) is 32.6 Å². The highest BCUT2D eigenvalue weighted by Gasteiger charge is 2.16. The summed E-state index contributed by atoms with van der Waals surface area (Å²) in [5, 5.41) is 12.7. The highest BCUT2D eigenvalue weighted by atomic mass is 32.2. The fraction of sp³-hybridized carbons (Fsp3) is 0.409. The number of thioether (sulfide) groups is 1. The number of rotatable bonds is 9. The summed E-state index contributed by atoms with van der Waals surface area (Å²) in [6, 6.07) is 11.5. The van der Waals surface area contributed by atoms with Crippen LogP contribution >= 0.6 is 11.8 Å². The fourth-order valence-electron chi connectivity index (χ4n) is 3.02. The van der Waals surface area contributed by atoms with Crippen LogP contribution in [0.5, 0.6) is 17.2 Å². The van der Waals surface area contributed by atoms with Gasteiger partial charge in [-0.3, -0.25) is 4.79 Å². The molecule has 0 radical (unpaired) electrons. The lowest BCUT2D eigenvalue weighted by atomic mass is 10.1. The molecule has 0 fully saturated rings. The molecule has 1 amide bonds. The van der Waals surface area contributed by atoms with Crippen LogP contribution in [-0.4, -0.2) is 49.7 Å². The van der Waals surface area contributed by atoms with E-state index in [2.05, 4.69) is 5.32 Å². The van der Waals surface area contributed by atoms with Gasteiger partial charge in [0.15, 0.2) is 18.1 Å². The largest absolute Gasteiger partial charge is 0.493 e. The van der Waals surface area contributed by atoms with Crippen molar-refractivity contribution >= 4 is 17.7 Å². The molecule has 6 nitrogen and oxygen atoms in total. The average Bonchev–Trinajstić information content (AvgIpc) is 2.74. The van der Waals surface area contributed by atoms with E-state index in [1.807, 2.05) is 43.3 Å². The van der Waals surface area contributed by atoms with Crippen molar-refractivity contribution in [3.05, 3.63) is 47.5 Å². The molecule has 1 aliphatic heterocycles. The van der Waals surface area contributed by atoms with Crippen molar-refractivity contribution in [1.82, 2.24) is 5.32 Å². The molecule has 0 aromatic heterocycles. The van der Waals surface area contributed by atoms with Crippen LogP contribution in [0.3, 0.4) is 0 Å². The molecular weight excluding hydrogens is 390 g/mol. The normalized spacial score (nSPS) is 13.9. The third-order valence-electron chi connectivity index (χ3n) is 4.61. The van der Waals surface area contributed by atoms with Crippen molar-refractivity contribution in [1.29, 1.82) is 0 Å². The quantitative estimate of drug-likeness (QED) is 0.653. The molecule has 156 valence electrons. The van der Waals surface area contributed by atoms with Gasteiger partial charge in [-0.15, -0.1) is 11.8 Å². The molecule has 29 heavy (non-hydrogen) atoms. The summed E-state index contributed by atoms with van der Waals surface area (Å²) < 4.78 is 16.7. The second-order valence-corrected chi connectivity index (χ2v) is 8.02. The molecule has 3 rings (SSSR count). The number of aryl methyl sites for hydroxylation is 2. The van der Waals surface area contributed by atoms with Crippen molar-refractivity contribution in [3.8, 4) is 17.2 Å². The van der Waals surface area contributed by atoms with Crippen molar-refractivity contribution in [2.45, 2.75) is 30.8 Å². The summed E-state index contributed by atoms with van der Waals surface area (Å²) in [5.74, 6) is 2.68. The van der Waals surface area contributed by atoms with Crippen LogP contribution in [0, 0.1) is 6.92 Å². The number of carbonyl (C=O) groups excluding carboxylic acids is 1. The van der Waals surface area contributed by atoms with E-state index in [-0.39, 0.29) is 25.7 Å². The SMILES string of the molecule is COc1cc2c(cc1OCC(=O)NCC(O)COc1ccccc1C)SCCC2. The number of benzene rings is 2. The van der Waals surface area contributed by atoms with Crippen LogP contribution in [0.4, 0.5) is 0 Å². The van der Waals surface area contributed by atoms with E-state index in [1.165, 1.54) is 10.5 Å². The molecule has 2 aromatic carbocycles. The molecule has 0 spiro atoms. The topological polar surface area (TPSA) is 77.0 Å². The van der Waals surface area contributed by atoms with E-state index < -0.39 is 6.10 Å². The number of nitrogens with one attached hydrogen (secondary N) is 1. The predicted octanol–water partition coefficient (Wildman–Crippen LogP) is 2.98. The van der Waals surface area contributed by atoms with Crippen molar-refractivity contribution in [2.24, 2.45) is 0 Å². The Kier molecular flexibility index (Phi) is 7.66. The molecule has 1 unspecified atom stereocenters. The Morgan fingerprint density at radius 1 is 1.21 bits per heavy atom. The summed E-state index contributed by atoms with van der Waals surface area (Å²) >= 11 is 1.79. The highest BCUT2D eigenvalue weighted by Crippen LogP contribution is 2.38. The van der Waals surface area contributed by atoms with Gasteiger partial charge in [-0.1, -0.05) is 18.2 Å². The minimum Gasteiger partial charge on any atom is -0.493 e. The lowest BCUT2D eigenvalue weighted by Gasteiger charge is -2.19. The number of methoxy groups -OCH3 is 1. The first-order valence-electron chi connectivity index (χ1n) is 9.66. The van der Waals surface area contributed by atoms with Gasteiger partial charge >= 0.3 is 0 Å². The van der Waals surface area contributed by atoms with Crippen LogP contribution in [0.15, 0.2) is 41.3 Å². The lowest BCUT2D eigenvalue weighted by Crippen LogP contribution is -2.37. The van der Waals surface area contributed by atoms with Gasteiger partial charge in [0, 0.05) is 11.4 Å². The number of para-hydroxylation sites is 1. The fourth-order valence-corrected chi connectivity index (χ4v) is 4.06. The van der Waals surface area contributed by atoms with Crippen LogP contribution in [0.2, 0.25) is 0 Å². The molecule has 1 atom stereocenters. The zero-order chi connectivity index (χ0) is 20.6. The van der Waals surface area contributed by atoms with Gasteiger partial charge in [0.1, 0.15) is 18.5 Å². The molecule has 7 heteroatoms. The van der Waals surface area contributed by atoms with Crippen LogP contribution in [0.1, 0.15) is 17.5 Å². The molecule has 1 aliphatic rings. The molecular formula is C22H27NO5S. The Morgan fingerprint density at radius 2 is 2.03 bits per heavy atom. The summed E-state index contributed by atoms with van der Waals surface area (Å²) in [6.45, 7) is 1.98. The molecule has 2 aromatic rings. The molecule has 0 saturated heterocycles. The standard InChI is InChI=1S/C22H27NO5S/c1-15-6-3-4-8-18(15)27-13-17(24)12-23-22(25)14-28-20-11-21-16(7-5-9-29-21)10-19(20)26-2/h3-4,6,8,10-11,17,24H,5,7,9,12-14H2,1-2H3,(H,23,25). The maximum Gasteiger partial charge on any atom is 0.258 e. The van der Waals surface area contributed by atoms with Crippen LogP contribution in [-0.2, 0) is 11.2 Å². The van der Waals surface area contributed by atoms with E-state index in [0.717, 1.165) is 29.9 Å². The number of aliphatic hydroxyl groups is 1. The monoisotopic (exact) mass is 417 g/mol. The number of hydrogen-bond donors (Lipinski definition) is 2. The number of fused-ring (bicyclic) bond motifs is 1. The van der Waals surface area contributed by atoms with E-state index in [4.69, 9.17) is 14.2 Å². The van der Waals surface area contributed by atoms with Crippen molar-refractivity contribution in [3.63, 3.8) is 0 Å². The molecule has 2 N–H and O–H groups in total. The van der Waals surface area contributed by atoms with Gasteiger partial charge in [0.25, 0.3) is 5.91 Å². The summed E-state index contributed by atoms with van der Waals surface area (Å²) in [6.07, 6.45) is 1.37. The Hall–Kier alpha value is -2.38. The Bertz CT molecular complexity index is 842. The maximum atomic E-state index is 12.1. The van der Waals surface area contributed by atoms with Gasteiger partial charge in [-0.25, -0.2) is 0 Å². The van der Waals surface area contributed by atoms with Crippen molar-refractivity contribution < 1.29 is 24.1 Å². The maximum absolute atomic E-state index is 12.1. The summed E-state index contributed by atoms with van der Waals surface area (Å²) in [5.41, 5.74) is 2.25. The highest BCUT2D eigenvalue weighted by molar-refractivity contribution is 7.99. The third-order valence-corrected chi connectivity index (χ3v) is 5.80. The zero-order valence-corrected chi connectivity index (χ0v) is 17.6. The molecule has 0 bridgehead atoms. The minimum absolute atomic E-state index is 0.0885. The number of aliphatic hydroxyl groups excluding tert-OH is 1. The predicted molar refractivity (Wildman–Crippen MR) is 113 cm³/mol. The van der Waals surface area contributed by atoms with Crippen LogP contribution in [0.25, 0.3) is 0 Å². The minimum atomic E-state index is -0.812. The van der Waals surface area contributed by atoms with E-state index >= 15 is 0 Å². The Labute approximate surface area is 175 Å². The Balaban J connectivity index is 1.44. The second-order valence-electron chi connectivity index (χ2n) is 6.89. The first-order valence-corrected chi connectivity index (χ1v) is 10.6. The zero-order valence-electron chi connectivity index (χ0n) is 16.8. The summed E-state index contributed by atoms with van der Waals surface area (Å²) in [4.78, 5) is 13.3. The first kappa shape index (κ1) is 21.3. The van der Waals surface area contributed by atoms with E-state index in [1.54, 1.807) is 18.9 Å². The van der Waals surface area contributed by atoms with Crippen LogP contribution < -0.4 is 19.5 Å². The van der Waals surface area contributed by atoms with Gasteiger partial charge in [0.2, 0.25) is 0 Å².